The van der Waals surface area contributed by atoms with Gasteiger partial charge in [-0.1, -0.05) is 18.5 Å². The minimum atomic E-state index is -4.54. The van der Waals surface area contributed by atoms with Crippen LogP contribution in [-0.4, -0.2) is 24.7 Å². The van der Waals surface area contributed by atoms with Crippen LogP contribution in [-0.2, 0) is 11.0 Å². The second-order valence-corrected chi connectivity index (χ2v) is 4.69. The van der Waals surface area contributed by atoms with Gasteiger partial charge >= 0.3 is 12.1 Å². The van der Waals surface area contributed by atoms with Gasteiger partial charge in [-0.05, 0) is 18.2 Å². The lowest BCUT2D eigenvalue weighted by molar-refractivity contribution is -0.141. The molecule has 0 bridgehead atoms. The predicted octanol–water partition coefficient (Wildman–Crippen LogP) is 3.52. The molecule has 0 saturated carbocycles. The van der Waals surface area contributed by atoms with E-state index in [1.54, 1.807) is 0 Å². The lowest BCUT2D eigenvalue weighted by Gasteiger charge is -2.22. The van der Waals surface area contributed by atoms with Gasteiger partial charge in [-0.2, -0.15) is 13.2 Å². The van der Waals surface area contributed by atoms with Gasteiger partial charge in [0.1, 0.15) is 0 Å². The van der Waals surface area contributed by atoms with Crippen LogP contribution >= 0.6 is 11.6 Å². The molecule has 19 heavy (non-hydrogen) atoms. The summed E-state index contributed by atoms with van der Waals surface area (Å²) in [6, 6.07) is 3.49. The highest BCUT2D eigenvalue weighted by molar-refractivity contribution is 6.31. The Bertz CT molecular complexity index is 477. The summed E-state index contributed by atoms with van der Waals surface area (Å²) in [7, 11) is 1.53. The molecule has 1 N–H and O–H groups in total. The van der Waals surface area contributed by atoms with Crippen LogP contribution in [0.25, 0.3) is 0 Å². The molecule has 0 heterocycles. The first-order valence-corrected chi connectivity index (χ1v) is 5.81. The summed E-state index contributed by atoms with van der Waals surface area (Å²) in [4.78, 5) is 12.2. The van der Waals surface area contributed by atoms with Crippen molar-refractivity contribution in [2.24, 2.45) is 5.92 Å². The normalized spacial score (nSPS) is 13.2. The number of benzene rings is 1. The van der Waals surface area contributed by atoms with E-state index >= 15 is 0 Å². The van der Waals surface area contributed by atoms with E-state index in [4.69, 9.17) is 16.7 Å². The molecule has 0 aliphatic rings. The molecule has 0 aliphatic heterocycles. The minimum absolute atomic E-state index is 0.105. The molecule has 1 aromatic rings. The molecule has 0 fully saturated rings. The Morgan fingerprint density at radius 2 is 2.05 bits per heavy atom. The minimum Gasteiger partial charge on any atom is -0.481 e. The quantitative estimate of drug-likeness (QED) is 0.924. The van der Waals surface area contributed by atoms with E-state index in [-0.39, 0.29) is 17.3 Å². The van der Waals surface area contributed by atoms with Crippen molar-refractivity contribution in [2.75, 3.05) is 18.5 Å². The van der Waals surface area contributed by atoms with Gasteiger partial charge in [-0.25, -0.2) is 0 Å². The molecule has 0 aromatic heterocycles. The van der Waals surface area contributed by atoms with Crippen molar-refractivity contribution < 1.29 is 23.1 Å². The van der Waals surface area contributed by atoms with Crippen molar-refractivity contribution in [3.05, 3.63) is 28.8 Å². The van der Waals surface area contributed by atoms with Crippen LogP contribution in [0.3, 0.4) is 0 Å². The molecule has 1 rings (SSSR count). The fraction of sp³-hybridized carbons (Fsp3) is 0.417. The number of anilines is 1. The maximum absolute atomic E-state index is 12.7. The summed E-state index contributed by atoms with van der Waals surface area (Å²) in [6.45, 7) is 1.59. The number of hydrogen-bond donors (Lipinski definition) is 1. The molecule has 0 amide bonds. The number of hydrogen-bond acceptors (Lipinski definition) is 2. The van der Waals surface area contributed by atoms with E-state index in [1.165, 1.54) is 24.9 Å². The number of carboxylic acids is 1. The van der Waals surface area contributed by atoms with Gasteiger partial charge in [-0.15, -0.1) is 0 Å². The summed E-state index contributed by atoms with van der Waals surface area (Å²) in [5.41, 5.74) is -0.661. The topological polar surface area (TPSA) is 40.5 Å². The maximum atomic E-state index is 12.7. The predicted molar refractivity (Wildman–Crippen MR) is 66.5 cm³/mol. The van der Waals surface area contributed by atoms with Crippen molar-refractivity contribution >= 4 is 23.3 Å². The second kappa shape index (κ2) is 5.69. The van der Waals surface area contributed by atoms with E-state index in [9.17, 15) is 18.0 Å². The van der Waals surface area contributed by atoms with Gasteiger partial charge in [0.25, 0.3) is 0 Å². The Morgan fingerprint density at radius 1 is 1.47 bits per heavy atom. The molecule has 0 spiro atoms. The molecule has 3 nitrogen and oxygen atoms in total. The van der Waals surface area contributed by atoms with Gasteiger partial charge in [-0.3, -0.25) is 4.79 Å². The fourth-order valence-electron chi connectivity index (χ4n) is 1.56. The van der Waals surface area contributed by atoms with Crippen LogP contribution < -0.4 is 4.90 Å². The summed E-state index contributed by atoms with van der Waals surface area (Å²) in [5, 5.41) is 8.40. The molecule has 0 saturated heterocycles. The van der Waals surface area contributed by atoms with Crippen LogP contribution in [0, 0.1) is 5.92 Å². The summed E-state index contributed by atoms with van der Waals surface area (Å²) < 4.78 is 38.1. The van der Waals surface area contributed by atoms with E-state index < -0.39 is 23.6 Å². The lowest BCUT2D eigenvalue weighted by Crippen LogP contribution is -2.28. The van der Waals surface area contributed by atoms with Gasteiger partial charge in [0.15, 0.2) is 0 Å². The lowest BCUT2D eigenvalue weighted by atomic mass is 10.1. The third kappa shape index (κ3) is 4.02. The third-order valence-corrected chi connectivity index (χ3v) is 2.99. The van der Waals surface area contributed by atoms with E-state index in [1.807, 2.05) is 0 Å². The Labute approximate surface area is 113 Å². The molecule has 0 radical (unpaired) electrons. The molecule has 1 atom stereocenters. The van der Waals surface area contributed by atoms with Crippen molar-refractivity contribution in [1.82, 2.24) is 0 Å². The Balaban J connectivity index is 2.99. The van der Waals surface area contributed by atoms with Crippen LogP contribution in [0.2, 0.25) is 5.02 Å². The van der Waals surface area contributed by atoms with Gasteiger partial charge in [0.05, 0.1) is 16.5 Å². The Morgan fingerprint density at radius 3 is 2.53 bits per heavy atom. The van der Waals surface area contributed by atoms with Gasteiger partial charge < -0.3 is 10.0 Å². The van der Waals surface area contributed by atoms with Crippen LogP contribution in [0.1, 0.15) is 12.5 Å². The van der Waals surface area contributed by atoms with Gasteiger partial charge in [0.2, 0.25) is 0 Å². The number of nitrogens with zero attached hydrogens (tertiary/aromatic N) is 1. The number of halogens is 4. The fourth-order valence-corrected chi connectivity index (χ4v) is 1.79. The maximum Gasteiger partial charge on any atom is 0.417 e. The average molecular weight is 296 g/mol. The van der Waals surface area contributed by atoms with E-state index in [0.717, 1.165) is 12.1 Å². The molecule has 0 aliphatic carbocycles. The van der Waals surface area contributed by atoms with Crippen molar-refractivity contribution in [1.29, 1.82) is 0 Å². The Hall–Kier alpha value is -1.43. The summed E-state index contributed by atoms with van der Waals surface area (Å²) in [6.07, 6.45) is -4.54. The summed E-state index contributed by atoms with van der Waals surface area (Å²) >= 11 is 5.51. The zero-order valence-electron chi connectivity index (χ0n) is 10.3. The highest BCUT2D eigenvalue weighted by atomic mass is 35.5. The zero-order valence-corrected chi connectivity index (χ0v) is 11.1. The van der Waals surface area contributed by atoms with Crippen molar-refractivity contribution in [3.8, 4) is 0 Å². The molecular weight excluding hydrogens is 283 g/mol. The van der Waals surface area contributed by atoms with Gasteiger partial charge in [0, 0.05) is 19.3 Å². The first-order chi connectivity index (χ1) is 8.62. The average Bonchev–Trinajstić information content (AvgIpc) is 2.27. The monoisotopic (exact) mass is 295 g/mol. The summed E-state index contributed by atoms with van der Waals surface area (Å²) in [5.74, 6) is -1.69. The first-order valence-electron chi connectivity index (χ1n) is 5.43. The number of carbonyl (C=O) groups is 1. The number of carboxylic acid groups (broad SMARTS) is 1. The molecule has 7 heteroatoms. The number of aliphatic carboxylic acids is 1. The number of rotatable bonds is 4. The third-order valence-electron chi connectivity index (χ3n) is 2.67. The second-order valence-electron chi connectivity index (χ2n) is 4.28. The molecule has 1 unspecified atom stereocenters. The van der Waals surface area contributed by atoms with E-state index in [0.29, 0.717) is 0 Å². The highest BCUT2D eigenvalue weighted by Gasteiger charge is 2.33. The van der Waals surface area contributed by atoms with E-state index in [2.05, 4.69) is 0 Å². The Kier molecular flexibility index (Phi) is 4.68. The van der Waals surface area contributed by atoms with Crippen LogP contribution in [0.15, 0.2) is 18.2 Å². The molecular formula is C12H13ClF3NO2. The van der Waals surface area contributed by atoms with Crippen LogP contribution in [0.4, 0.5) is 18.9 Å². The number of alkyl halides is 3. The first kappa shape index (κ1) is 15.6. The standard InChI is InChI=1S/C12H13ClF3NO2/c1-7(11(18)19)6-17(2)8-3-4-10(13)9(5-8)12(14,15)16/h3-5,7H,6H2,1-2H3,(H,18,19). The zero-order chi connectivity index (χ0) is 14.8. The smallest absolute Gasteiger partial charge is 0.417 e. The largest absolute Gasteiger partial charge is 0.481 e. The van der Waals surface area contributed by atoms with Crippen LogP contribution in [0.5, 0.6) is 0 Å². The molecule has 106 valence electrons. The SMILES string of the molecule is CC(CN(C)c1ccc(Cl)c(C(F)(F)F)c1)C(=O)O. The van der Waals surface area contributed by atoms with Crippen molar-refractivity contribution in [3.63, 3.8) is 0 Å². The van der Waals surface area contributed by atoms with Crippen molar-refractivity contribution in [2.45, 2.75) is 13.1 Å². The molecule has 1 aromatic carbocycles. The highest BCUT2D eigenvalue weighted by Crippen LogP contribution is 2.36.